The first-order chi connectivity index (χ1) is 11.3. The van der Waals surface area contributed by atoms with Gasteiger partial charge in [-0.3, -0.25) is 9.48 Å². The first-order valence-corrected chi connectivity index (χ1v) is 7.97. The van der Waals surface area contributed by atoms with E-state index in [9.17, 15) is 4.79 Å². The van der Waals surface area contributed by atoms with E-state index in [0.29, 0.717) is 24.9 Å². The average molecular weight is 319 g/mol. The molecule has 0 saturated heterocycles. The van der Waals surface area contributed by atoms with Crippen LogP contribution in [0.3, 0.4) is 0 Å². The van der Waals surface area contributed by atoms with Crippen LogP contribution in [0.4, 0.5) is 0 Å². The number of amides is 1. The molecule has 1 amide bonds. The number of nitrogens with one attached hydrogen (secondary N) is 1. The minimum absolute atomic E-state index is 0.183. The Kier molecular flexibility index (Phi) is 4.96. The van der Waals surface area contributed by atoms with Crippen molar-refractivity contribution in [3.8, 4) is 0 Å². The van der Waals surface area contributed by atoms with Crippen LogP contribution in [0.15, 0.2) is 10.7 Å². The normalized spacial score (nSPS) is 15.7. The molecule has 1 aliphatic carbocycles. The van der Waals surface area contributed by atoms with Crippen LogP contribution in [0.1, 0.15) is 60.2 Å². The number of rotatable bonds is 6. The summed E-state index contributed by atoms with van der Waals surface area (Å²) < 4.78 is 6.74. The average Bonchev–Trinajstić information content (AvgIpc) is 3.23. The summed E-state index contributed by atoms with van der Waals surface area (Å²) in [6, 6.07) is 0. The minimum atomic E-state index is -0.328. The third-order valence-electron chi connectivity index (χ3n) is 3.98. The van der Waals surface area contributed by atoms with Crippen molar-refractivity contribution in [2.45, 2.75) is 51.1 Å². The smallest absolute Gasteiger partial charge is 0.273 e. The van der Waals surface area contributed by atoms with Gasteiger partial charge in [0.25, 0.3) is 5.91 Å². The van der Waals surface area contributed by atoms with Crippen LogP contribution < -0.4 is 11.1 Å². The molecule has 1 saturated carbocycles. The van der Waals surface area contributed by atoms with E-state index < -0.39 is 0 Å². The molecule has 1 fully saturated rings. The van der Waals surface area contributed by atoms with Crippen LogP contribution in [0.25, 0.3) is 0 Å². The van der Waals surface area contributed by atoms with E-state index in [2.05, 4.69) is 25.8 Å². The van der Waals surface area contributed by atoms with E-state index in [4.69, 9.17) is 10.3 Å². The number of carbonyl (C=O) groups excluding carboxylic acids is 1. The van der Waals surface area contributed by atoms with Gasteiger partial charge in [0.1, 0.15) is 0 Å². The van der Waals surface area contributed by atoms with Crippen molar-refractivity contribution in [2.75, 3.05) is 6.54 Å². The van der Waals surface area contributed by atoms with E-state index >= 15 is 0 Å². The molecule has 2 aromatic rings. The van der Waals surface area contributed by atoms with Crippen molar-refractivity contribution in [3.63, 3.8) is 0 Å². The molecule has 9 heteroatoms. The quantitative estimate of drug-likeness (QED) is 0.798. The van der Waals surface area contributed by atoms with Crippen LogP contribution >= 0.6 is 0 Å². The topological polar surface area (TPSA) is 125 Å². The number of nitrogens with zero attached hydrogens (tertiary/aromatic N) is 5. The van der Waals surface area contributed by atoms with Gasteiger partial charge in [0.15, 0.2) is 11.5 Å². The second-order valence-electron chi connectivity index (χ2n) is 5.72. The molecule has 2 heterocycles. The highest BCUT2D eigenvalue weighted by Crippen LogP contribution is 2.30. The largest absolute Gasteiger partial charge is 0.342 e. The molecular weight excluding hydrogens is 298 g/mol. The molecule has 3 N–H and O–H groups in total. The van der Waals surface area contributed by atoms with Gasteiger partial charge in [0.05, 0.1) is 19.3 Å². The van der Waals surface area contributed by atoms with Gasteiger partial charge in [-0.25, -0.2) is 0 Å². The summed E-state index contributed by atoms with van der Waals surface area (Å²) in [5.41, 5.74) is 5.67. The number of nitrogens with two attached hydrogens (primary N) is 1. The molecule has 0 aromatic carbocycles. The van der Waals surface area contributed by atoms with Gasteiger partial charge in [-0.1, -0.05) is 29.6 Å². The fourth-order valence-corrected chi connectivity index (χ4v) is 2.76. The molecule has 2 aromatic heterocycles. The van der Waals surface area contributed by atoms with Crippen molar-refractivity contribution < 1.29 is 9.32 Å². The maximum Gasteiger partial charge on any atom is 0.273 e. The lowest BCUT2D eigenvalue weighted by molar-refractivity contribution is 0.0941. The summed E-state index contributed by atoms with van der Waals surface area (Å²) in [6.45, 7) is 1.15. The molecule has 0 aliphatic heterocycles. The van der Waals surface area contributed by atoms with E-state index in [1.165, 1.54) is 23.9 Å². The predicted octanol–water partition coefficient (Wildman–Crippen LogP) is 0.597. The predicted molar refractivity (Wildman–Crippen MR) is 80.4 cm³/mol. The van der Waals surface area contributed by atoms with Gasteiger partial charge in [-0.05, 0) is 12.8 Å². The summed E-state index contributed by atoms with van der Waals surface area (Å²) in [4.78, 5) is 16.4. The van der Waals surface area contributed by atoms with Crippen LogP contribution in [-0.2, 0) is 13.1 Å². The maximum absolute atomic E-state index is 12.0. The van der Waals surface area contributed by atoms with Crippen molar-refractivity contribution in [3.05, 3.63) is 23.6 Å². The summed E-state index contributed by atoms with van der Waals surface area (Å²) >= 11 is 0. The molecule has 0 unspecified atom stereocenters. The Morgan fingerprint density at radius 3 is 3.00 bits per heavy atom. The molecule has 0 radical (unpaired) electrons. The van der Waals surface area contributed by atoms with Gasteiger partial charge in [-0.2, -0.15) is 4.98 Å². The zero-order valence-corrected chi connectivity index (χ0v) is 12.9. The summed E-state index contributed by atoms with van der Waals surface area (Å²) in [6.07, 6.45) is 7.48. The van der Waals surface area contributed by atoms with Crippen molar-refractivity contribution in [1.29, 1.82) is 0 Å². The Morgan fingerprint density at radius 2 is 2.22 bits per heavy atom. The molecule has 23 heavy (non-hydrogen) atoms. The number of hydrogen-bond acceptors (Lipinski definition) is 7. The van der Waals surface area contributed by atoms with Crippen molar-refractivity contribution in [2.24, 2.45) is 5.73 Å². The molecule has 124 valence electrons. The Labute approximate surface area is 133 Å². The summed E-state index contributed by atoms with van der Waals surface area (Å²) in [5.74, 6) is 1.22. The number of hydrogen-bond donors (Lipinski definition) is 2. The van der Waals surface area contributed by atoms with Gasteiger partial charge >= 0.3 is 0 Å². The Hall–Kier alpha value is -2.29. The molecule has 3 rings (SSSR count). The molecule has 9 nitrogen and oxygen atoms in total. The van der Waals surface area contributed by atoms with E-state index in [1.54, 1.807) is 6.20 Å². The first-order valence-electron chi connectivity index (χ1n) is 7.97. The van der Waals surface area contributed by atoms with Gasteiger partial charge in [0, 0.05) is 12.5 Å². The highest BCUT2D eigenvalue weighted by Gasteiger charge is 2.21. The molecular formula is C14H21N7O2. The van der Waals surface area contributed by atoms with Crippen LogP contribution in [0.2, 0.25) is 0 Å². The number of aromatic nitrogens is 5. The van der Waals surface area contributed by atoms with E-state index in [0.717, 1.165) is 18.7 Å². The Balaban J connectivity index is 1.53. The third-order valence-corrected chi connectivity index (χ3v) is 3.98. The number of carbonyl (C=O) groups is 1. The van der Waals surface area contributed by atoms with Crippen LogP contribution in [0, 0.1) is 0 Å². The lowest BCUT2D eigenvalue weighted by atomic mass is 9.89. The molecule has 1 aliphatic rings. The highest BCUT2D eigenvalue weighted by molar-refractivity contribution is 5.91. The standard InChI is InChI=1S/C14H21N7O2/c15-6-7-21-9-11(18-20-21)14(22)16-8-12-17-13(19-23-12)10-4-2-1-3-5-10/h9-10H,1-8,15H2,(H,16,22). The summed E-state index contributed by atoms with van der Waals surface area (Å²) in [5, 5.41) is 14.4. The van der Waals surface area contributed by atoms with E-state index in [-0.39, 0.29) is 18.1 Å². The van der Waals surface area contributed by atoms with Crippen LogP contribution in [-0.4, -0.2) is 37.6 Å². The maximum atomic E-state index is 12.0. The highest BCUT2D eigenvalue weighted by atomic mass is 16.5. The Bertz CT molecular complexity index is 645. The monoisotopic (exact) mass is 319 g/mol. The Morgan fingerprint density at radius 1 is 1.39 bits per heavy atom. The van der Waals surface area contributed by atoms with Gasteiger partial charge in [-0.15, -0.1) is 5.10 Å². The van der Waals surface area contributed by atoms with Gasteiger partial charge in [0.2, 0.25) is 5.89 Å². The second-order valence-corrected chi connectivity index (χ2v) is 5.72. The third kappa shape index (κ3) is 3.92. The molecule has 0 atom stereocenters. The zero-order valence-electron chi connectivity index (χ0n) is 12.9. The summed E-state index contributed by atoms with van der Waals surface area (Å²) in [7, 11) is 0. The fourth-order valence-electron chi connectivity index (χ4n) is 2.76. The second kappa shape index (κ2) is 7.32. The van der Waals surface area contributed by atoms with E-state index in [1.807, 2.05) is 0 Å². The molecule has 0 bridgehead atoms. The van der Waals surface area contributed by atoms with Crippen molar-refractivity contribution in [1.82, 2.24) is 30.5 Å². The SMILES string of the molecule is NCCn1cc(C(=O)NCc2nc(C3CCCCC3)no2)nn1. The zero-order chi connectivity index (χ0) is 16.1. The minimum Gasteiger partial charge on any atom is -0.342 e. The lowest BCUT2D eigenvalue weighted by Gasteiger charge is -2.17. The van der Waals surface area contributed by atoms with Crippen molar-refractivity contribution >= 4 is 5.91 Å². The first kappa shape index (κ1) is 15.6. The van der Waals surface area contributed by atoms with Gasteiger partial charge < -0.3 is 15.6 Å². The fraction of sp³-hybridized carbons (Fsp3) is 0.643. The molecule has 0 spiro atoms. The van der Waals surface area contributed by atoms with Crippen LogP contribution in [0.5, 0.6) is 0 Å². The lowest BCUT2D eigenvalue weighted by Crippen LogP contribution is -2.23.